The van der Waals surface area contributed by atoms with Crippen LogP contribution >= 0.6 is 11.6 Å². The molecule has 0 heterocycles. The number of nitrogens with two attached hydrogens (primary N) is 1. The molecule has 1 rings (SSSR count). The van der Waals surface area contributed by atoms with E-state index in [-0.39, 0.29) is 5.78 Å². The highest BCUT2D eigenvalue weighted by Crippen LogP contribution is 2.23. The maximum atomic E-state index is 11.5. The summed E-state index contributed by atoms with van der Waals surface area (Å²) in [5, 5.41) is 0.547. The van der Waals surface area contributed by atoms with Crippen molar-refractivity contribution in [1.29, 1.82) is 0 Å². The lowest BCUT2D eigenvalue weighted by atomic mass is 10.1. The fraction of sp³-hybridized carbons (Fsp3) is 0.300. The summed E-state index contributed by atoms with van der Waals surface area (Å²) in [6.07, 6.45) is 0.317. The van der Waals surface area contributed by atoms with E-state index >= 15 is 0 Å². The molecule has 0 amide bonds. The van der Waals surface area contributed by atoms with E-state index in [2.05, 4.69) is 0 Å². The van der Waals surface area contributed by atoms with Gasteiger partial charge in [0.2, 0.25) is 0 Å². The number of hydrogen-bond acceptors (Lipinski definition) is 3. The molecule has 1 aromatic carbocycles. The second-order valence-electron chi connectivity index (χ2n) is 2.81. The number of ketones is 1. The summed E-state index contributed by atoms with van der Waals surface area (Å²) in [4.78, 5) is 11.5. The van der Waals surface area contributed by atoms with E-state index in [4.69, 9.17) is 22.1 Å². The van der Waals surface area contributed by atoms with Crippen LogP contribution in [0.5, 0.6) is 5.75 Å². The average molecular weight is 214 g/mol. The number of ether oxygens (including phenoxy) is 1. The van der Waals surface area contributed by atoms with Gasteiger partial charge < -0.3 is 10.5 Å². The molecule has 1 aromatic rings. The highest BCUT2D eigenvalue weighted by Gasteiger charge is 2.11. The Hall–Kier alpha value is -1.06. The molecule has 0 aliphatic rings. The molecule has 2 N–H and O–H groups in total. The van der Waals surface area contributed by atoms with E-state index in [0.717, 1.165) is 0 Å². The molecule has 3 nitrogen and oxygen atoms in total. The molecular formula is C10H12ClNO2. The third-order valence-corrected chi connectivity index (χ3v) is 2.07. The van der Waals surface area contributed by atoms with Crippen molar-refractivity contribution in [3.63, 3.8) is 0 Å². The molecule has 0 aliphatic heterocycles. The zero-order valence-corrected chi connectivity index (χ0v) is 8.67. The fourth-order valence-corrected chi connectivity index (χ4v) is 1.32. The van der Waals surface area contributed by atoms with Crippen LogP contribution in [-0.2, 0) is 0 Å². The molecule has 0 aromatic heterocycles. The summed E-state index contributed by atoms with van der Waals surface area (Å²) in [6.45, 7) is 0.338. The number of carbonyl (C=O) groups is 1. The molecule has 0 unspecified atom stereocenters. The molecule has 0 saturated heterocycles. The highest BCUT2D eigenvalue weighted by molar-refractivity contribution is 6.30. The minimum Gasteiger partial charge on any atom is -0.496 e. The number of hydrogen-bond donors (Lipinski definition) is 1. The summed E-state index contributed by atoms with van der Waals surface area (Å²) in [5.74, 6) is 0.469. The van der Waals surface area contributed by atoms with Crippen LogP contribution in [0.2, 0.25) is 5.02 Å². The van der Waals surface area contributed by atoms with Crippen LogP contribution in [0.15, 0.2) is 18.2 Å². The first-order chi connectivity index (χ1) is 6.69. The quantitative estimate of drug-likeness (QED) is 0.777. The van der Waals surface area contributed by atoms with Crippen LogP contribution in [0.25, 0.3) is 0 Å². The number of halogens is 1. The molecule has 0 bridgehead atoms. The van der Waals surface area contributed by atoms with Gasteiger partial charge in [-0.05, 0) is 24.7 Å². The molecule has 0 atom stereocenters. The van der Waals surface area contributed by atoms with Gasteiger partial charge in [-0.2, -0.15) is 0 Å². The summed E-state index contributed by atoms with van der Waals surface area (Å²) in [5.41, 5.74) is 5.83. The fourth-order valence-electron chi connectivity index (χ4n) is 1.16. The summed E-state index contributed by atoms with van der Waals surface area (Å²) >= 11 is 5.76. The van der Waals surface area contributed by atoms with Gasteiger partial charge >= 0.3 is 0 Å². The van der Waals surface area contributed by atoms with Crippen LogP contribution < -0.4 is 10.5 Å². The lowest BCUT2D eigenvalue weighted by molar-refractivity contribution is 0.0982. The highest BCUT2D eigenvalue weighted by atomic mass is 35.5. The second-order valence-corrected chi connectivity index (χ2v) is 3.24. The number of rotatable bonds is 4. The van der Waals surface area contributed by atoms with Gasteiger partial charge in [-0.25, -0.2) is 0 Å². The molecule has 14 heavy (non-hydrogen) atoms. The number of carbonyl (C=O) groups excluding carboxylic acids is 1. The molecule has 76 valence electrons. The monoisotopic (exact) mass is 213 g/mol. The van der Waals surface area contributed by atoms with Gasteiger partial charge in [0.25, 0.3) is 0 Å². The van der Waals surface area contributed by atoms with Gasteiger partial charge in [0, 0.05) is 11.4 Å². The van der Waals surface area contributed by atoms with E-state index in [0.29, 0.717) is 29.3 Å². The van der Waals surface area contributed by atoms with E-state index in [9.17, 15) is 4.79 Å². The third kappa shape index (κ3) is 2.47. The predicted molar refractivity (Wildman–Crippen MR) is 56.0 cm³/mol. The maximum Gasteiger partial charge on any atom is 0.167 e. The van der Waals surface area contributed by atoms with Gasteiger partial charge in [-0.1, -0.05) is 11.6 Å². The minimum absolute atomic E-state index is 0.0268. The number of Topliss-reactive ketones (excluding diaryl/α,β-unsaturated/α-hetero) is 1. The van der Waals surface area contributed by atoms with Gasteiger partial charge in [0.1, 0.15) is 5.75 Å². The molecule has 0 saturated carbocycles. The smallest absolute Gasteiger partial charge is 0.167 e. The third-order valence-electron chi connectivity index (χ3n) is 1.84. The van der Waals surface area contributed by atoms with Crippen molar-refractivity contribution in [3.8, 4) is 5.75 Å². The van der Waals surface area contributed by atoms with Crippen molar-refractivity contribution in [2.24, 2.45) is 5.73 Å². The first-order valence-corrected chi connectivity index (χ1v) is 4.63. The van der Waals surface area contributed by atoms with Crippen molar-refractivity contribution in [2.45, 2.75) is 6.42 Å². The molecule has 0 spiro atoms. The molecule has 0 fully saturated rings. The van der Waals surface area contributed by atoms with E-state index in [1.165, 1.54) is 7.11 Å². The van der Waals surface area contributed by atoms with Gasteiger partial charge in [-0.15, -0.1) is 0 Å². The summed E-state index contributed by atoms with van der Waals surface area (Å²) in [6, 6.07) is 4.93. The normalized spacial score (nSPS) is 9.93. The van der Waals surface area contributed by atoms with Crippen molar-refractivity contribution >= 4 is 17.4 Å². The largest absolute Gasteiger partial charge is 0.496 e. The lowest BCUT2D eigenvalue weighted by Crippen LogP contribution is -2.09. The molecule has 4 heteroatoms. The van der Waals surface area contributed by atoms with Crippen LogP contribution in [-0.4, -0.2) is 19.4 Å². The van der Waals surface area contributed by atoms with Crippen molar-refractivity contribution in [1.82, 2.24) is 0 Å². The van der Waals surface area contributed by atoms with Gasteiger partial charge in [-0.3, -0.25) is 4.79 Å². The Morgan fingerprint density at radius 2 is 2.29 bits per heavy atom. The Labute approximate surface area is 87.8 Å². The van der Waals surface area contributed by atoms with Crippen molar-refractivity contribution < 1.29 is 9.53 Å². The van der Waals surface area contributed by atoms with Crippen LogP contribution in [0.1, 0.15) is 16.8 Å². The summed E-state index contributed by atoms with van der Waals surface area (Å²) < 4.78 is 5.05. The standard InChI is InChI=1S/C10H12ClNO2/c1-14-10-6-7(11)2-3-8(10)9(13)4-5-12/h2-3,6H,4-5,12H2,1H3. The van der Waals surface area contributed by atoms with Crippen molar-refractivity contribution in [3.05, 3.63) is 28.8 Å². The first kappa shape index (κ1) is 11.0. The Bertz CT molecular complexity index is 339. The van der Waals surface area contributed by atoms with E-state index < -0.39 is 0 Å². The zero-order chi connectivity index (χ0) is 10.6. The number of benzene rings is 1. The van der Waals surface area contributed by atoms with Gasteiger partial charge in [0.05, 0.1) is 12.7 Å². The average Bonchev–Trinajstić information content (AvgIpc) is 2.17. The lowest BCUT2D eigenvalue weighted by Gasteiger charge is -2.06. The zero-order valence-electron chi connectivity index (χ0n) is 7.92. The molecule has 0 aliphatic carbocycles. The molecular weight excluding hydrogens is 202 g/mol. The number of methoxy groups -OCH3 is 1. The minimum atomic E-state index is -0.0268. The van der Waals surface area contributed by atoms with Gasteiger partial charge in [0.15, 0.2) is 5.78 Å². The first-order valence-electron chi connectivity index (χ1n) is 4.26. The summed E-state index contributed by atoms with van der Waals surface area (Å²) in [7, 11) is 1.50. The SMILES string of the molecule is COc1cc(Cl)ccc1C(=O)CCN. The Kier molecular flexibility index (Phi) is 3.92. The molecule has 0 radical (unpaired) electrons. The predicted octanol–water partition coefficient (Wildman–Crippen LogP) is 1.88. The van der Waals surface area contributed by atoms with E-state index in [1.807, 2.05) is 0 Å². The maximum absolute atomic E-state index is 11.5. The topological polar surface area (TPSA) is 52.3 Å². The Morgan fingerprint density at radius 3 is 2.86 bits per heavy atom. The second kappa shape index (κ2) is 4.98. The van der Waals surface area contributed by atoms with Crippen molar-refractivity contribution in [2.75, 3.05) is 13.7 Å². The Balaban J connectivity index is 3.01. The Morgan fingerprint density at radius 1 is 1.57 bits per heavy atom. The van der Waals surface area contributed by atoms with Crippen LogP contribution in [0.4, 0.5) is 0 Å². The van der Waals surface area contributed by atoms with Crippen LogP contribution in [0, 0.1) is 0 Å². The van der Waals surface area contributed by atoms with E-state index in [1.54, 1.807) is 18.2 Å². The van der Waals surface area contributed by atoms with Crippen LogP contribution in [0.3, 0.4) is 0 Å².